The zero-order chi connectivity index (χ0) is 52.2. The average Bonchev–Trinajstić information content (AvgIpc) is 3.38. The van der Waals surface area contributed by atoms with Crippen LogP contribution in [-0.4, -0.2) is 47.4 Å². The Bertz CT molecular complexity index is 1210. The number of carbonyl (C=O) groups excluding carboxylic acids is 2. The molecule has 6 heteroatoms. The Balaban J connectivity index is 3.50. The van der Waals surface area contributed by atoms with E-state index in [1.807, 2.05) is 6.08 Å². The quantitative estimate of drug-likeness (QED) is 0.0320. The van der Waals surface area contributed by atoms with Crippen LogP contribution in [-0.2, 0) is 14.3 Å². The van der Waals surface area contributed by atoms with Crippen molar-refractivity contribution in [3.63, 3.8) is 0 Å². The van der Waals surface area contributed by atoms with Crippen molar-refractivity contribution in [2.24, 2.45) is 0 Å². The van der Waals surface area contributed by atoms with E-state index in [1.165, 1.54) is 238 Å². The minimum atomic E-state index is -0.857. The maximum Gasteiger partial charge on any atom is 0.305 e. The van der Waals surface area contributed by atoms with Gasteiger partial charge in [0.15, 0.2) is 0 Å². The second-order valence-corrected chi connectivity index (χ2v) is 21.7. The van der Waals surface area contributed by atoms with E-state index in [0.717, 1.165) is 70.6 Å². The SMILES string of the molecule is CCCCC/C=C\C/C=C\CCCCCCCCCC(=O)OCCCCCCCCC/C=C\CCCCCCCC(=O)NC(CO)C(O)/C=C/CCCCCCCCCCCCCCCCCCCCCC. The third-order valence-corrected chi connectivity index (χ3v) is 14.6. The molecule has 2 atom stereocenters. The minimum Gasteiger partial charge on any atom is -0.466 e. The number of aliphatic hydroxyl groups is 2. The summed E-state index contributed by atoms with van der Waals surface area (Å²) in [6.07, 6.45) is 78.6. The number of carbonyl (C=O) groups is 2. The summed E-state index contributed by atoms with van der Waals surface area (Å²) < 4.78 is 5.48. The standard InChI is InChI=1S/C66H123NO5/c1-3-5-7-9-11-13-15-17-19-21-22-23-24-25-27-30-34-38-42-46-50-54-58-64(69)63(62-68)67-65(70)59-55-51-47-43-39-35-31-28-29-33-37-41-45-49-53-57-61-72-66(71)60-56-52-48-44-40-36-32-26-20-18-16-14-12-10-8-6-4-2/h12,14,18,20,28,31,54,58,63-64,68-69H,3-11,13,15-17,19,21-27,29-30,32-53,55-57,59-62H2,1-2H3,(H,67,70)/b14-12-,20-18-,31-28-,58-54+. The molecule has 0 aliphatic carbocycles. The molecule has 0 aromatic rings. The molecule has 0 aliphatic rings. The Morgan fingerprint density at radius 1 is 0.389 bits per heavy atom. The molecule has 0 rings (SSSR count). The molecule has 0 heterocycles. The van der Waals surface area contributed by atoms with Crippen molar-refractivity contribution < 1.29 is 24.5 Å². The zero-order valence-corrected chi connectivity index (χ0v) is 48.2. The van der Waals surface area contributed by atoms with Crippen LogP contribution in [0.4, 0.5) is 0 Å². The number of aliphatic hydroxyl groups excluding tert-OH is 2. The smallest absolute Gasteiger partial charge is 0.305 e. The Kier molecular flexibility index (Phi) is 59.5. The molecule has 0 spiro atoms. The molecule has 0 aromatic carbocycles. The third kappa shape index (κ3) is 57.1. The summed E-state index contributed by atoms with van der Waals surface area (Å²) >= 11 is 0. The molecule has 3 N–H and O–H groups in total. The summed E-state index contributed by atoms with van der Waals surface area (Å²) in [4.78, 5) is 24.6. The van der Waals surface area contributed by atoms with Gasteiger partial charge in [-0.25, -0.2) is 0 Å². The number of amides is 1. The number of unbranched alkanes of at least 4 members (excludes halogenated alkanes) is 42. The van der Waals surface area contributed by atoms with E-state index in [-0.39, 0.29) is 18.5 Å². The van der Waals surface area contributed by atoms with E-state index in [2.05, 4.69) is 55.6 Å². The first-order valence-electron chi connectivity index (χ1n) is 31.9. The fourth-order valence-electron chi connectivity index (χ4n) is 9.66. The van der Waals surface area contributed by atoms with E-state index < -0.39 is 12.1 Å². The highest BCUT2D eigenvalue weighted by Crippen LogP contribution is 2.17. The molecule has 0 saturated carbocycles. The van der Waals surface area contributed by atoms with Gasteiger partial charge < -0.3 is 20.3 Å². The molecule has 422 valence electrons. The van der Waals surface area contributed by atoms with Crippen molar-refractivity contribution in [3.8, 4) is 0 Å². The number of rotatable bonds is 59. The van der Waals surface area contributed by atoms with Crippen LogP contribution in [0.15, 0.2) is 48.6 Å². The van der Waals surface area contributed by atoms with Crippen LogP contribution in [0.5, 0.6) is 0 Å². The monoisotopic (exact) mass is 1010 g/mol. The number of esters is 1. The summed E-state index contributed by atoms with van der Waals surface area (Å²) in [6, 6.07) is -0.643. The average molecular weight is 1010 g/mol. The van der Waals surface area contributed by atoms with Gasteiger partial charge in [0.05, 0.1) is 25.4 Å². The van der Waals surface area contributed by atoms with Gasteiger partial charge in [0.1, 0.15) is 0 Å². The molecule has 0 bridgehead atoms. The zero-order valence-electron chi connectivity index (χ0n) is 48.2. The molecule has 1 amide bonds. The fourth-order valence-corrected chi connectivity index (χ4v) is 9.66. The van der Waals surface area contributed by atoms with Crippen molar-refractivity contribution in [3.05, 3.63) is 48.6 Å². The van der Waals surface area contributed by atoms with E-state index in [4.69, 9.17) is 4.74 Å². The number of nitrogens with one attached hydrogen (secondary N) is 1. The molecular weight excluding hydrogens is 887 g/mol. The van der Waals surface area contributed by atoms with Crippen molar-refractivity contribution in [1.29, 1.82) is 0 Å². The maximum absolute atomic E-state index is 12.5. The number of allylic oxidation sites excluding steroid dienone is 7. The van der Waals surface area contributed by atoms with E-state index in [9.17, 15) is 19.8 Å². The Morgan fingerprint density at radius 3 is 1.10 bits per heavy atom. The van der Waals surface area contributed by atoms with Gasteiger partial charge in [-0.1, -0.05) is 281 Å². The molecule has 0 aromatic heterocycles. The summed E-state index contributed by atoms with van der Waals surface area (Å²) in [5, 5.41) is 23.2. The summed E-state index contributed by atoms with van der Waals surface area (Å²) in [7, 11) is 0. The lowest BCUT2D eigenvalue weighted by molar-refractivity contribution is -0.143. The predicted octanol–water partition coefficient (Wildman–Crippen LogP) is 20.1. The molecule has 0 saturated heterocycles. The summed E-state index contributed by atoms with van der Waals surface area (Å²) in [5.41, 5.74) is 0. The van der Waals surface area contributed by atoms with Crippen LogP contribution in [0.1, 0.15) is 335 Å². The highest BCUT2D eigenvalue weighted by molar-refractivity contribution is 5.76. The number of hydrogen-bond donors (Lipinski definition) is 3. The van der Waals surface area contributed by atoms with Crippen molar-refractivity contribution in [1.82, 2.24) is 5.32 Å². The molecule has 0 fully saturated rings. The Morgan fingerprint density at radius 2 is 0.694 bits per heavy atom. The van der Waals surface area contributed by atoms with Crippen molar-refractivity contribution in [2.45, 2.75) is 347 Å². The minimum absolute atomic E-state index is 0.0115. The van der Waals surface area contributed by atoms with Crippen molar-refractivity contribution >= 4 is 11.9 Å². The highest BCUT2D eigenvalue weighted by atomic mass is 16.5. The van der Waals surface area contributed by atoms with Gasteiger partial charge in [-0.2, -0.15) is 0 Å². The van der Waals surface area contributed by atoms with Crippen LogP contribution in [0.2, 0.25) is 0 Å². The lowest BCUT2D eigenvalue weighted by Crippen LogP contribution is -2.45. The molecule has 6 nitrogen and oxygen atoms in total. The number of ether oxygens (including phenoxy) is 1. The normalized spacial score (nSPS) is 12.9. The van der Waals surface area contributed by atoms with Gasteiger partial charge in [0.25, 0.3) is 0 Å². The Labute approximate surface area is 448 Å². The second kappa shape index (κ2) is 61.4. The maximum atomic E-state index is 12.5. The van der Waals surface area contributed by atoms with Crippen LogP contribution in [0.3, 0.4) is 0 Å². The Hall–Kier alpha value is -2.18. The van der Waals surface area contributed by atoms with Crippen LogP contribution < -0.4 is 5.32 Å². The fraction of sp³-hybridized carbons (Fsp3) is 0.848. The highest BCUT2D eigenvalue weighted by Gasteiger charge is 2.18. The van der Waals surface area contributed by atoms with E-state index in [0.29, 0.717) is 19.4 Å². The van der Waals surface area contributed by atoms with Gasteiger partial charge in [-0.05, 0) is 89.9 Å². The molecule has 72 heavy (non-hydrogen) atoms. The first kappa shape index (κ1) is 69.8. The van der Waals surface area contributed by atoms with Crippen LogP contribution >= 0.6 is 0 Å². The lowest BCUT2D eigenvalue weighted by atomic mass is 10.0. The predicted molar refractivity (Wildman–Crippen MR) is 315 cm³/mol. The van der Waals surface area contributed by atoms with Gasteiger partial charge in [0.2, 0.25) is 5.91 Å². The summed E-state index contributed by atoms with van der Waals surface area (Å²) in [5.74, 6) is -0.0947. The van der Waals surface area contributed by atoms with Crippen LogP contribution in [0, 0.1) is 0 Å². The molecule has 0 radical (unpaired) electrons. The van der Waals surface area contributed by atoms with Crippen molar-refractivity contribution in [2.75, 3.05) is 13.2 Å². The largest absolute Gasteiger partial charge is 0.466 e. The molecule has 2 unspecified atom stereocenters. The number of hydrogen-bond acceptors (Lipinski definition) is 5. The molecular formula is C66H123NO5. The van der Waals surface area contributed by atoms with Gasteiger partial charge in [0, 0.05) is 12.8 Å². The topological polar surface area (TPSA) is 95.9 Å². The summed E-state index contributed by atoms with van der Waals surface area (Å²) in [6.45, 7) is 4.87. The van der Waals surface area contributed by atoms with E-state index in [1.54, 1.807) is 6.08 Å². The first-order chi connectivity index (χ1) is 35.5. The van der Waals surface area contributed by atoms with Gasteiger partial charge in [-0.3, -0.25) is 9.59 Å². The van der Waals surface area contributed by atoms with Gasteiger partial charge in [-0.15, -0.1) is 0 Å². The van der Waals surface area contributed by atoms with Gasteiger partial charge >= 0.3 is 5.97 Å². The molecule has 0 aliphatic heterocycles. The van der Waals surface area contributed by atoms with Crippen LogP contribution in [0.25, 0.3) is 0 Å². The third-order valence-electron chi connectivity index (χ3n) is 14.6. The van der Waals surface area contributed by atoms with E-state index >= 15 is 0 Å². The first-order valence-corrected chi connectivity index (χ1v) is 31.9. The second-order valence-electron chi connectivity index (χ2n) is 21.7. The lowest BCUT2D eigenvalue weighted by Gasteiger charge is -2.20.